The van der Waals surface area contributed by atoms with Gasteiger partial charge in [-0.25, -0.2) is 4.79 Å². The number of aromatic nitrogens is 2. The Bertz CT molecular complexity index is 1030. The third kappa shape index (κ3) is 4.44. The first kappa shape index (κ1) is 21.7. The van der Waals surface area contributed by atoms with Gasteiger partial charge in [0.1, 0.15) is 17.0 Å². The fourth-order valence-corrected chi connectivity index (χ4v) is 4.10. The number of halogens is 2. The van der Waals surface area contributed by atoms with E-state index in [9.17, 15) is 9.90 Å². The van der Waals surface area contributed by atoms with E-state index in [-0.39, 0.29) is 11.3 Å². The average Bonchev–Trinajstić information content (AvgIpc) is 3.37. The monoisotopic (exact) mass is 437 g/mol. The van der Waals surface area contributed by atoms with Gasteiger partial charge in [0.2, 0.25) is 5.71 Å². The molecule has 29 heavy (non-hydrogen) atoms. The lowest BCUT2D eigenvalue weighted by Gasteiger charge is -2.10. The zero-order valence-electron chi connectivity index (χ0n) is 16.9. The van der Waals surface area contributed by atoms with Crippen molar-refractivity contribution in [2.75, 3.05) is 7.05 Å². The number of hydrogen-bond donors (Lipinski definition) is 2. The molecule has 0 bridgehead atoms. The number of fused-ring (bicyclic) bond motifs is 1. The maximum Gasteiger partial charge on any atom is 0.343 e. The number of nitrogens with one attached hydrogen (secondary N) is 1. The van der Waals surface area contributed by atoms with Crippen LogP contribution in [0.3, 0.4) is 0 Å². The summed E-state index contributed by atoms with van der Waals surface area (Å²) in [5, 5.41) is 17.8. The molecule has 0 aliphatic heterocycles. The van der Waals surface area contributed by atoms with Crippen LogP contribution in [-0.4, -0.2) is 33.8 Å². The number of aromatic carboxylic acids is 1. The van der Waals surface area contributed by atoms with E-state index in [0.29, 0.717) is 32.8 Å². The molecule has 1 aliphatic carbocycles. The molecule has 156 valence electrons. The van der Waals surface area contributed by atoms with Gasteiger partial charge in [-0.15, -0.1) is 0 Å². The minimum absolute atomic E-state index is 0.0504. The maximum absolute atomic E-state index is 11.3. The molecule has 2 aromatic heterocycles. The number of benzene rings is 1. The van der Waals surface area contributed by atoms with Crippen molar-refractivity contribution >= 4 is 34.9 Å². The van der Waals surface area contributed by atoms with Crippen LogP contribution in [0.5, 0.6) is 0 Å². The highest BCUT2D eigenvalue weighted by atomic mass is 35.5. The van der Waals surface area contributed by atoms with Gasteiger partial charge in [0.25, 0.3) is 0 Å². The molecule has 0 amide bonds. The van der Waals surface area contributed by atoms with Crippen LogP contribution in [0.1, 0.15) is 48.0 Å². The molecular formula is C21H25Cl2N3O3. The number of carbonyl (C=O) groups is 1. The van der Waals surface area contributed by atoms with Gasteiger partial charge in [-0.3, -0.25) is 0 Å². The molecule has 0 radical (unpaired) electrons. The summed E-state index contributed by atoms with van der Waals surface area (Å²) < 4.78 is 7.04. The molecule has 1 saturated carbocycles. The van der Waals surface area contributed by atoms with E-state index < -0.39 is 5.97 Å². The fraction of sp³-hybridized carbons (Fsp3) is 0.429. The molecule has 3 aromatic rings. The summed E-state index contributed by atoms with van der Waals surface area (Å²) in [7, 11) is 2.06. The van der Waals surface area contributed by atoms with Crippen LogP contribution < -0.4 is 5.32 Å². The van der Waals surface area contributed by atoms with Crippen molar-refractivity contribution in [3.63, 3.8) is 0 Å². The van der Waals surface area contributed by atoms with Gasteiger partial charge in [0.05, 0.1) is 10.7 Å². The Morgan fingerprint density at radius 1 is 1.38 bits per heavy atom. The highest BCUT2D eigenvalue weighted by molar-refractivity contribution is 6.36. The lowest BCUT2D eigenvalue weighted by atomic mass is 10.1. The Balaban J connectivity index is 0.000000252. The third-order valence-corrected chi connectivity index (χ3v) is 5.76. The van der Waals surface area contributed by atoms with Gasteiger partial charge in [-0.1, -0.05) is 30.1 Å². The molecule has 2 N–H and O–H groups in total. The first-order valence-electron chi connectivity index (χ1n) is 9.63. The van der Waals surface area contributed by atoms with E-state index in [2.05, 4.69) is 24.4 Å². The molecule has 0 saturated heterocycles. The van der Waals surface area contributed by atoms with Gasteiger partial charge in [-0.2, -0.15) is 9.61 Å². The van der Waals surface area contributed by atoms with Crippen LogP contribution >= 0.6 is 23.2 Å². The standard InChI is InChI=1S/C14H10Cl2N2O3.C7H15N/c1-6-11(14(19)20)13-18(17-6)12(7(2)21-13)9-4-3-8(15)5-10(9)16;1-3-7(8-2)6-4-5-6/h3-5H,1-2H3,(H,19,20);6-8H,3-5H2,1-2H3. The van der Waals surface area contributed by atoms with Crippen molar-refractivity contribution in [3.8, 4) is 11.3 Å². The van der Waals surface area contributed by atoms with Gasteiger partial charge in [-0.05, 0) is 64.3 Å². The van der Waals surface area contributed by atoms with Gasteiger partial charge < -0.3 is 14.8 Å². The Hall–Kier alpha value is -2.02. The number of nitrogens with zero attached hydrogens (tertiary/aromatic N) is 2. The van der Waals surface area contributed by atoms with Crippen molar-refractivity contribution in [2.24, 2.45) is 5.92 Å². The average molecular weight is 438 g/mol. The molecule has 1 fully saturated rings. The molecule has 2 heterocycles. The quantitative estimate of drug-likeness (QED) is 0.541. The van der Waals surface area contributed by atoms with E-state index in [1.807, 2.05) is 0 Å². The van der Waals surface area contributed by atoms with Crippen LogP contribution in [0.2, 0.25) is 10.0 Å². The lowest BCUT2D eigenvalue weighted by molar-refractivity contribution is 0.0697. The Morgan fingerprint density at radius 3 is 2.55 bits per heavy atom. The second kappa shape index (κ2) is 8.78. The predicted molar refractivity (Wildman–Crippen MR) is 115 cm³/mol. The number of rotatable bonds is 5. The van der Waals surface area contributed by atoms with Gasteiger partial charge in [0, 0.05) is 16.6 Å². The maximum atomic E-state index is 11.3. The molecule has 1 unspecified atom stereocenters. The first-order chi connectivity index (χ1) is 13.8. The summed E-state index contributed by atoms with van der Waals surface area (Å²) in [6, 6.07) is 5.88. The van der Waals surface area contributed by atoms with Crippen molar-refractivity contribution in [3.05, 3.63) is 45.3 Å². The number of oxazole rings is 1. The van der Waals surface area contributed by atoms with E-state index in [1.165, 1.54) is 23.8 Å². The van der Waals surface area contributed by atoms with Gasteiger partial charge >= 0.3 is 5.97 Å². The summed E-state index contributed by atoms with van der Waals surface area (Å²) in [6.07, 6.45) is 4.21. The molecular weight excluding hydrogens is 413 g/mol. The second-order valence-electron chi connectivity index (χ2n) is 7.25. The van der Waals surface area contributed by atoms with Crippen LogP contribution in [0.4, 0.5) is 0 Å². The van der Waals surface area contributed by atoms with E-state index in [0.717, 1.165) is 12.0 Å². The predicted octanol–water partition coefficient (Wildman–Crippen LogP) is 5.61. The largest absolute Gasteiger partial charge is 0.477 e. The van der Waals surface area contributed by atoms with Crippen LogP contribution in [0, 0.1) is 19.8 Å². The van der Waals surface area contributed by atoms with Gasteiger partial charge in [0.15, 0.2) is 0 Å². The van der Waals surface area contributed by atoms with Crippen molar-refractivity contribution < 1.29 is 14.3 Å². The zero-order valence-corrected chi connectivity index (χ0v) is 18.4. The Labute approximate surface area is 179 Å². The minimum Gasteiger partial charge on any atom is -0.477 e. The first-order valence-corrected chi connectivity index (χ1v) is 10.4. The zero-order chi connectivity index (χ0) is 21.3. The number of carboxylic acids is 1. The van der Waals surface area contributed by atoms with Crippen LogP contribution in [0.15, 0.2) is 22.6 Å². The second-order valence-corrected chi connectivity index (χ2v) is 8.10. The molecule has 0 spiro atoms. The molecule has 1 atom stereocenters. The SMILES string of the molecule is CCC(NC)C1CC1.Cc1nn2c(-c3ccc(Cl)cc3Cl)c(C)oc2c1C(=O)O. The number of hydrogen-bond acceptors (Lipinski definition) is 4. The molecule has 1 aromatic carbocycles. The third-order valence-electron chi connectivity index (χ3n) is 5.21. The highest BCUT2D eigenvalue weighted by Crippen LogP contribution is 2.35. The summed E-state index contributed by atoms with van der Waals surface area (Å²) >= 11 is 12.1. The van der Waals surface area contributed by atoms with Crippen molar-refractivity contribution in [2.45, 2.75) is 46.1 Å². The van der Waals surface area contributed by atoms with E-state index in [1.54, 1.807) is 32.0 Å². The molecule has 6 nitrogen and oxygen atoms in total. The Morgan fingerprint density at radius 2 is 2.07 bits per heavy atom. The molecule has 1 aliphatic rings. The number of carboxylic acid groups (broad SMARTS) is 1. The van der Waals surface area contributed by atoms with Crippen molar-refractivity contribution in [1.29, 1.82) is 0 Å². The lowest BCUT2D eigenvalue weighted by Crippen LogP contribution is -2.25. The molecule has 4 rings (SSSR count). The summed E-state index contributed by atoms with van der Waals surface area (Å²) in [4.78, 5) is 11.3. The normalized spacial score (nSPS) is 14.6. The van der Waals surface area contributed by atoms with E-state index in [4.69, 9.17) is 27.6 Å². The van der Waals surface area contributed by atoms with Crippen molar-refractivity contribution in [1.82, 2.24) is 14.9 Å². The van der Waals surface area contributed by atoms with Crippen LogP contribution in [-0.2, 0) is 0 Å². The summed E-state index contributed by atoms with van der Waals surface area (Å²) in [6.45, 7) is 5.60. The smallest absolute Gasteiger partial charge is 0.343 e. The van der Waals surface area contributed by atoms with Crippen LogP contribution in [0.25, 0.3) is 17.0 Å². The Kier molecular flexibility index (Phi) is 6.56. The number of aryl methyl sites for hydroxylation is 2. The van der Waals surface area contributed by atoms with E-state index >= 15 is 0 Å². The molecule has 8 heteroatoms. The summed E-state index contributed by atoms with van der Waals surface area (Å²) in [5.74, 6) is 0.472. The highest BCUT2D eigenvalue weighted by Gasteiger charge is 2.28. The summed E-state index contributed by atoms with van der Waals surface area (Å²) in [5.41, 5.74) is 1.92. The topological polar surface area (TPSA) is 79.8 Å². The fourth-order valence-electron chi connectivity index (χ4n) is 3.60. The minimum atomic E-state index is -1.08.